The van der Waals surface area contributed by atoms with Crippen LogP contribution in [0.25, 0.3) is 9.75 Å². The Morgan fingerprint density at radius 2 is 1.88 bits per heavy atom. The van der Waals surface area contributed by atoms with E-state index in [1.807, 2.05) is 19.1 Å². The van der Waals surface area contributed by atoms with Gasteiger partial charge in [0.15, 0.2) is 0 Å². The van der Waals surface area contributed by atoms with Crippen LogP contribution in [0.3, 0.4) is 0 Å². The molecule has 0 unspecified atom stereocenters. The van der Waals surface area contributed by atoms with Gasteiger partial charge in [0, 0.05) is 14.6 Å². The summed E-state index contributed by atoms with van der Waals surface area (Å²) in [5.41, 5.74) is 0. The zero-order valence-electron chi connectivity index (χ0n) is 9.15. The van der Waals surface area contributed by atoms with Crippen molar-refractivity contribution >= 4 is 28.6 Å². The van der Waals surface area contributed by atoms with Crippen molar-refractivity contribution in [3.05, 3.63) is 34.0 Å². The van der Waals surface area contributed by atoms with Gasteiger partial charge in [-0.15, -0.1) is 22.7 Å². The molecule has 0 bridgehead atoms. The molecule has 0 saturated carbocycles. The number of hydrogen-bond acceptors (Lipinski definition) is 4. The molecule has 0 N–H and O–H groups in total. The first-order chi connectivity index (χ1) is 7.70. The van der Waals surface area contributed by atoms with Gasteiger partial charge in [0.25, 0.3) is 0 Å². The first-order valence-electron chi connectivity index (χ1n) is 5.04. The molecule has 2 nitrogen and oxygen atoms in total. The summed E-state index contributed by atoms with van der Waals surface area (Å²) in [6.45, 7) is 4.31. The molecule has 0 radical (unpaired) electrons. The normalized spacial score (nSPS) is 10.4. The van der Waals surface area contributed by atoms with Crippen LogP contribution in [0.2, 0.25) is 0 Å². The second kappa shape index (κ2) is 4.80. The first-order valence-corrected chi connectivity index (χ1v) is 6.67. The van der Waals surface area contributed by atoms with E-state index in [1.165, 1.54) is 21.1 Å². The fourth-order valence-corrected chi connectivity index (χ4v) is 3.21. The third-order valence-corrected chi connectivity index (χ3v) is 4.33. The second-order valence-corrected chi connectivity index (χ2v) is 5.67. The maximum atomic E-state index is 11.5. The predicted octanol–water partition coefficient (Wildman–Crippen LogP) is 3.96. The van der Waals surface area contributed by atoms with Crippen LogP contribution in [0.4, 0.5) is 0 Å². The Bertz CT molecular complexity index is 497. The van der Waals surface area contributed by atoms with Crippen LogP contribution in [0.5, 0.6) is 0 Å². The van der Waals surface area contributed by atoms with Crippen LogP contribution in [0, 0.1) is 6.92 Å². The quantitative estimate of drug-likeness (QED) is 0.773. The van der Waals surface area contributed by atoms with Gasteiger partial charge in [-0.3, -0.25) is 0 Å². The fraction of sp³-hybridized carbons (Fsp3) is 0.250. The van der Waals surface area contributed by atoms with Crippen molar-refractivity contribution in [2.45, 2.75) is 13.8 Å². The number of hydrogen-bond donors (Lipinski definition) is 0. The summed E-state index contributed by atoms with van der Waals surface area (Å²) in [4.78, 5) is 15.8. The van der Waals surface area contributed by atoms with E-state index in [0.717, 1.165) is 4.88 Å². The summed E-state index contributed by atoms with van der Waals surface area (Å²) in [7, 11) is 0. The van der Waals surface area contributed by atoms with Crippen molar-refractivity contribution in [1.82, 2.24) is 0 Å². The minimum absolute atomic E-state index is 0.230. The molecular weight excluding hydrogens is 240 g/mol. The molecule has 4 heteroatoms. The Morgan fingerprint density at radius 3 is 2.50 bits per heavy atom. The van der Waals surface area contributed by atoms with E-state index in [1.54, 1.807) is 11.3 Å². The van der Waals surface area contributed by atoms with E-state index in [2.05, 4.69) is 19.1 Å². The van der Waals surface area contributed by atoms with E-state index in [0.29, 0.717) is 11.5 Å². The lowest BCUT2D eigenvalue weighted by Crippen LogP contribution is -2.01. The number of aryl methyl sites for hydroxylation is 1. The summed E-state index contributed by atoms with van der Waals surface area (Å²) in [6, 6.07) is 7.97. The lowest BCUT2D eigenvalue weighted by molar-refractivity contribution is 0.0532. The maximum Gasteiger partial charge on any atom is 0.348 e. The van der Waals surface area contributed by atoms with E-state index < -0.39 is 0 Å². The zero-order chi connectivity index (χ0) is 11.5. The number of carbonyl (C=O) groups excluding carboxylic acids is 1. The van der Waals surface area contributed by atoms with E-state index in [9.17, 15) is 4.79 Å². The lowest BCUT2D eigenvalue weighted by Gasteiger charge is -1.96. The van der Waals surface area contributed by atoms with E-state index in [4.69, 9.17) is 4.74 Å². The van der Waals surface area contributed by atoms with Gasteiger partial charge in [0.1, 0.15) is 4.88 Å². The van der Waals surface area contributed by atoms with Crippen LogP contribution >= 0.6 is 22.7 Å². The van der Waals surface area contributed by atoms with Gasteiger partial charge in [-0.2, -0.15) is 0 Å². The summed E-state index contributed by atoms with van der Waals surface area (Å²) in [6.07, 6.45) is 0. The van der Waals surface area contributed by atoms with Crippen LogP contribution in [-0.2, 0) is 4.74 Å². The standard InChI is InChI=1S/C12H12O2S2/c1-3-14-12(13)11-7-6-10(16-11)9-5-4-8(2)15-9/h4-7H,3H2,1-2H3. The number of rotatable bonds is 3. The van der Waals surface area contributed by atoms with Crippen molar-refractivity contribution in [1.29, 1.82) is 0 Å². The minimum Gasteiger partial charge on any atom is -0.462 e. The van der Waals surface area contributed by atoms with Crippen LogP contribution in [0.15, 0.2) is 24.3 Å². The van der Waals surface area contributed by atoms with Crippen molar-refractivity contribution in [3.8, 4) is 9.75 Å². The SMILES string of the molecule is CCOC(=O)c1ccc(-c2ccc(C)s2)s1. The molecule has 2 aromatic rings. The topological polar surface area (TPSA) is 26.3 Å². The molecule has 0 aliphatic rings. The Balaban J connectivity index is 2.22. The smallest absolute Gasteiger partial charge is 0.348 e. The molecule has 2 rings (SSSR count). The average Bonchev–Trinajstić information content (AvgIpc) is 2.85. The van der Waals surface area contributed by atoms with E-state index >= 15 is 0 Å². The molecule has 2 heterocycles. The molecule has 0 amide bonds. The molecule has 16 heavy (non-hydrogen) atoms. The summed E-state index contributed by atoms with van der Waals surface area (Å²) < 4.78 is 4.96. The van der Waals surface area contributed by atoms with Crippen LogP contribution in [0.1, 0.15) is 21.5 Å². The van der Waals surface area contributed by atoms with Gasteiger partial charge in [-0.05, 0) is 38.1 Å². The third kappa shape index (κ3) is 2.33. The molecule has 0 aromatic carbocycles. The molecule has 0 spiro atoms. The monoisotopic (exact) mass is 252 g/mol. The molecule has 0 aliphatic carbocycles. The molecule has 0 saturated heterocycles. The Hall–Kier alpha value is -1.13. The van der Waals surface area contributed by atoms with Crippen molar-refractivity contribution in [3.63, 3.8) is 0 Å². The van der Waals surface area contributed by atoms with Gasteiger partial charge in [-0.1, -0.05) is 0 Å². The highest BCUT2D eigenvalue weighted by Gasteiger charge is 2.11. The maximum absolute atomic E-state index is 11.5. The molecule has 0 aliphatic heterocycles. The molecule has 2 aromatic heterocycles. The number of thiophene rings is 2. The van der Waals surface area contributed by atoms with Gasteiger partial charge >= 0.3 is 5.97 Å². The van der Waals surface area contributed by atoms with Crippen molar-refractivity contribution < 1.29 is 9.53 Å². The number of carbonyl (C=O) groups is 1. The minimum atomic E-state index is -0.230. The Morgan fingerprint density at radius 1 is 1.19 bits per heavy atom. The Labute approximate surface area is 103 Å². The highest BCUT2D eigenvalue weighted by molar-refractivity contribution is 7.23. The van der Waals surface area contributed by atoms with Crippen LogP contribution < -0.4 is 0 Å². The zero-order valence-corrected chi connectivity index (χ0v) is 10.8. The highest BCUT2D eigenvalue weighted by atomic mass is 32.1. The van der Waals surface area contributed by atoms with E-state index in [-0.39, 0.29) is 5.97 Å². The Kier molecular flexibility index (Phi) is 3.41. The average molecular weight is 252 g/mol. The molecule has 84 valence electrons. The summed E-state index contributed by atoms with van der Waals surface area (Å²) in [5.74, 6) is -0.230. The van der Waals surface area contributed by atoms with Gasteiger partial charge in [-0.25, -0.2) is 4.79 Å². The van der Waals surface area contributed by atoms with Crippen molar-refractivity contribution in [2.75, 3.05) is 6.61 Å². The third-order valence-electron chi connectivity index (χ3n) is 2.07. The fourth-order valence-electron chi connectivity index (χ4n) is 1.35. The second-order valence-electron chi connectivity index (χ2n) is 3.29. The van der Waals surface area contributed by atoms with Gasteiger partial charge in [0.2, 0.25) is 0 Å². The van der Waals surface area contributed by atoms with Crippen LogP contribution in [-0.4, -0.2) is 12.6 Å². The molecular formula is C12H12O2S2. The van der Waals surface area contributed by atoms with Gasteiger partial charge in [0.05, 0.1) is 6.61 Å². The largest absolute Gasteiger partial charge is 0.462 e. The summed E-state index contributed by atoms with van der Waals surface area (Å²) >= 11 is 3.22. The number of esters is 1. The molecule has 0 fully saturated rings. The molecule has 0 atom stereocenters. The predicted molar refractivity (Wildman–Crippen MR) is 68.3 cm³/mol. The number of ether oxygens (including phenoxy) is 1. The highest BCUT2D eigenvalue weighted by Crippen LogP contribution is 2.33. The van der Waals surface area contributed by atoms with Gasteiger partial charge < -0.3 is 4.74 Å². The summed E-state index contributed by atoms with van der Waals surface area (Å²) in [5, 5.41) is 0. The lowest BCUT2D eigenvalue weighted by atomic mass is 10.3. The van der Waals surface area contributed by atoms with Crippen molar-refractivity contribution in [2.24, 2.45) is 0 Å². The first kappa shape index (κ1) is 11.4.